The molecule has 0 radical (unpaired) electrons. The average molecular weight is 368 g/mol. The Kier molecular flexibility index (Phi) is 3.90. The highest BCUT2D eigenvalue weighted by atomic mass is 32.1. The molecule has 4 heterocycles. The van der Waals surface area contributed by atoms with E-state index in [-0.39, 0.29) is 6.10 Å². The van der Waals surface area contributed by atoms with Gasteiger partial charge in [-0.2, -0.15) is 0 Å². The number of rotatable bonds is 3. The third-order valence-electron chi connectivity index (χ3n) is 4.89. The van der Waals surface area contributed by atoms with Crippen molar-refractivity contribution in [2.45, 2.75) is 19.1 Å². The number of para-hydroxylation sites is 2. The van der Waals surface area contributed by atoms with Crippen LogP contribution in [0.15, 0.2) is 30.6 Å². The smallest absolute Gasteiger partial charge is 0.161 e. The van der Waals surface area contributed by atoms with Crippen LogP contribution < -0.4 is 19.7 Å². The molecule has 0 saturated carbocycles. The van der Waals surface area contributed by atoms with Gasteiger partial charge in [0.05, 0.1) is 11.9 Å². The fourth-order valence-corrected chi connectivity index (χ4v) is 4.83. The summed E-state index contributed by atoms with van der Waals surface area (Å²) in [6.45, 7) is 3.19. The minimum absolute atomic E-state index is 0.0314. The Morgan fingerprint density at radius 1 is 1.27 bits per heavy atom. The van der Waals surface area contributed by atoms with Crippen LogP contribution in [0.25, 0.3) is 10.2 Å². The summed E-state index contributed by atoms with van der Waals surface area (Å²) >= 11 is 1.77. The highest BCUT2D eigenvalue weighted by molar-refractivity contribution is 7.19. The summed E-state index contributed by atoms with van der Waals surface area (Å²) in [5.41, 5.74) is 1.40. The van der Waals surface area contributed by atoms with Crippen molar-refractivity contribution in [3.8, 4) is 11.5 Å². The van der Waals surface area contributed by atoms with Gasteiger partial charge in [0.15, 0.2) is 17.6 Å². The summed E-state index contributed by atoms with van der Waals surface area (Å²) in [7, 11) is 2.07. The van der Waals surface area contributed by atoms with Crippen LogP contribution in [0.1, 0.15) is 10.4 Å². The molecule has 26 heavy (non-hydrogen) atoms. The maximum absolute atomic E-state index is 6.11. The average Bonchev–Trinajstić information content (AvgIpc) is 3.06. The van der Waals surface area contributed by atoms with Crippen LogP contribution in [0.3, 0.4) is 0 Å². The van der Waals surface area contributed by atoms with E-state index in [2.05, 4.69) is 27.2 Å². The van der Waals surface area contributed by atoms with Crippen molar-refractivity contribution in [3.05, 3.63) is 41.0 Å². The number of ether oxygens (including phenoxy) is 2. The van der Waals surface area contributed by atoms with Crippen LogP contribution >= 0.6 is 11.3 Å². The van der Waals surface area contributed by atoms with E-state index in [0.717, 1.165) is 41.7 Å². The molecule has 0 fully saturated rings. The van der Waals surface area contributed by atoms with Gasteiger partial charge in [-0.15, -0.1) is 11.3 Å². The zero-order valence-corrected chi connectivity index (χ0v) is 15.4. The lowest BCUT2D eigenvalue weighted by Gasteiger charge is -2.30. The molecule has 3 aromatic rings. The Bertz CT molecular complexity index is 958. The highest BCUT2D eigenvalue weighted by Gasteiger charge is 2.25. The largest absolute Gasteiger partial charge is 0.486 e. The fourth-order valence-electron chi connectivity index (χ4n) is 3.68. The Morgan fingerprint density at radius 2 is 2.15 bits per heavy atom. The van der Waals surface area contributed by atoms with Gasteiger partial charge in [-0.25, -0.2) is 9.97 Å². The number of benzene rings is 1. The molecule has 1 atom stereocenters. The number of aromatic nitrogens is 2. The SMILES string of the molecule is CN(C[C@H]1COc2ccccc2O1)c1ncnc2sc3c(c12)CCNC3. The molecule has 0 amide bonds. The minimum atomic E-state index is -0.0314. The van der Waals surface area contributed by atoms with Gasteiger partial charge in [0.25, 0.3) is 0 Å². The van der Waals surface area contributed by atoms with Gasteiger partial charge in [0.2, 0.25) is 0 Å². The fraction of sp³-hybridized carbons (Fsp3) is 0.368. The van der Waals surface area contributed by atoms with Crippen LogP contribution in [0.4, 0.5) is 5.82 Å². The standard InChI is InChI=1S/C19H20N4O2S/c1-23(9-12-10-24-14-4-2-3-5-15(14)25-12)18-17-13-6-7-20-8-16(13)26-19(17)22-11-21-18/h2-5,11-12,20H,6-10H2,1H3/t12-/m0/s1. The van der Waals surface area contributed by atoms with Crippen LogP contribution in [0.2, 0.25) is 0 Å². The van der Waals surface area contributed by atoms with Gasteiger partial charge in [-0.05, 0) is 30.7 Å². The Labute approximate surface area is 155 Å². The second-order valence-electron chi connectivity index (χ2n) is 6.69. The molecule has 2 aliphatic rings. The second kappa shape index (κ2) is 6.41. The van der Waals surface area contributed by atoms with Crippen molar-refractivity contribution >= 4 is 27.4 Å². The monoisotopic (exact) mass is 368 g/mol. The summed E-state index contributed by atoms with van der Waals surface area (Å²) in [4.78, 5) is 13.7. The summed E-state index contributed by atoms with van der Waals surface area (Å²) in [6, 6.07) is 7.82. The molecule has 2 aromatic heterocycles. The molecule has 2 aliphatic heterocycles. The first-order valence-electron chi connectivity index (χ1n) is 8.85. The molecule has 7 heteroatoms. The number of likely N-dealkylation sites (N-methyl/N-ethyl adjacent to an activating group) is 1. The predicted molar refractivity (Wildman–Crippen MR) is 102 cm³/mol. The molecule has 1 N–H and O–H groups in total. The maximum atomic E-state index is 6.11. The van der Waals surface area contributed by atoms with Crippen molar-refractivity contribution in [2.75, 3.05) is 31.6 Å². The van der Waals surface area contributed by atoms with Gasteiger partial charge in [-0.1, -0.05) is 12.1 Å². The topological polar surface area (TPSA) is 59.5 Å². The normalized spacial score (nSPS) is 18.6. The number of anilines is 1. The first kappa shape index (κ1) is 15.8. The van der Waals surface area contributed by atoms with E-state index < -0.39 is 0 Å². The van der Waals surface area contributed by atoms with Crippen molar-refractivity contribution in [1.29, 1.82) is 0 Å². The molecular formula is C19H20N4O2S. The van der Waals surface area contributed by atoms with Crippen molar-refractivity contribution < 1.29 is 9.47 Å². The summed E-state index contributed by atoms with van der Waals surface area (Å²) in [6.07, 6.45) is 2.66. The lowest BCUT2D eigenvalue weighted by Crippen LogP contribution is -2.39. The van der Waals surface area contributed by atoms with Crippen LogP contribution in [0.5, 0.6) is 11.5 Å². The third kappa shape index (κ3) is 2.68. The molecule has 0 bridgehead atoms. The Balaban J connectivity index is 1.42. The van der Waals surface area contributed by atoms with E-state index in [1.165, 1.54) is 15.8 Å². The van der Waals surface area contributed by atoms with E-state index in [1.54, 1.807) is 17.7 Å². The number of hydrogen-bond acceptors (Lipinski definition) is 7. The summed E-state index contributed by atoms with van der Waals surface area (Å²) in [5, 5.41) is 4.64. The molecule has 5 rings (SSSR count). The molecule has 1 aromatic carbocycles. The summed E-state index contributed by atoms with van der Waals surface area (Å²) in [5.74, 6) is 2.61. The number of hydrogen-bond donors (Lipinski definition) is 1. The van der Waals surface area contributed by atoms with Gasteiger partial charge in [0, 0.05) is 18.5 Å². The van der Waals surface area contributed by atoms with E-state index in [0.29, 0.717) is 13.2 Å². The van der Waals surface area contributed by atoms with Crippen molar-refractivity contribution in [1.82, 2.24) is 15.3 Å². The zero-order chi connectivity index (χ0) is 17.5. The van der Waals surface area contributed by atoms with E-state index in [4.69, 9.17) is 9.47 Å². The lowest BCUT2D eigenvalue weighted by atomic mass is 10.1. The third-order valence-corrected chi connectivity index (χ3v) is 6.03. The van der Waals surface area contributed by atoms with Gasteiger partial charge >= 0.3 is 0 Å². The van der Waals surface area contributed by atoms with Crippen LogP contribution in [-0.2, 0) is 13.0 Å². The van der Waals surface area contributed by atoms with E-state index in [9.17, 15) is 0 Å². The van der Waals surface area contributed by atoms with E-state index >= 15 is 0 Å². The molecule has 0 saturated heterocycles. The maximum Gasteiger partial charge on any atom is 0.161 e. The second-order valence-corrected chi connectivity index (χ2v) is 7.77. The first-order chi connectivity index (χ1) is 12.8. The molecule has 6 nitrogen and oxygen atoms in total. The highest BCUT2D eigenvalue weighted by Crippen LogP contribution is 2.37. The molecular weight excluding hydrogens is 348 g/mol. The Morgan fingerprint density at radius 3 is 3.08 bits per heavy atom. The zero-order valence-electron chi connectivity index (χ0n) is 14.6. The minimum Gasteiger partial charge on any atom is -0.486 e. The number of thiophene rings is 1. The van der Waals surface area contributed by atoms with Gasteiger partial charge in [-0.3, -0.25) is 0 Å². The summed E-state index contributed by atoms with van der Waals surface area (Å²) < 4.78 is 12.0. The number of nitrogens with one attached hydrogen (secondary N) is 1. The van der Waals surface area contributed by atoms with Crippen molar-refractivity contribution in [3.63, 3.8) is 0 Å². The van der Waals surface area contributed by atoms with E-state index in [1.807, 2.05) is 24.3 Å². The number of fused-ring (bicyclic) bond motifs is 4. The lowest BCUT2D eigenvalue weighted by molar-refractivity contribution is 0.0960. The van der Waals surface area contributed by atoms with Crippen LogP contribution in [0, 0.1) is 0 Å². The quantitative estimate of drug-likeness (QED) is 0.767. The Hall–Kier alpha value is -2.38. The molecule has 0 spiro atoms. The number of nitrogens with zero attached hydrogens (tertiary/aromatic N) is 3. The molecule has 0 unspecified atom stereocenters. The first-order valence-corrected chi connectivity index (χ1v) is 9.67. The van der Waals surface area contributed by atoms with Crippen LogP contribution in [-0.4, -0.2) is 42.8 Å². The molecule has 134 valence electrons. The van der Waals surface area contributed by atoms with Crippen molar-refractivity contribution in [2.24, 2.45) is 0 Å². The van der Waals surface area contributed by atoms with Gasteiger partial charge < -0.3 is 19.7 Å². The van der Waals surface area contributed by atoms with Gasteiger partial charge in [0.1, 0.15) is 23.6 Å². The molecule has 0 aliphatic carbocycles. The predicted octanol–water partition coefficient (Wildman–Crippen LogP) is 2.61.